The van der Waals surface area contributed by atoms with E-state index in [4.69, 9.17) is 11.6 Å². The molecule has 0 aliphatic heterocycles. The summed E-state index contributed by atoms with van der Waals surface area (Å²) in [4.78, 5) is 14.1. The molecule has 90 valence electrons. The highest BCUT2D eigenvalue weighted by molar-refractivity contribution is 7.16. The average Bonchev–Trinajstić information content (AvgIpc) is 2.90. The number of carbonyl (C=O) groups excluding carboxylic acids is 1. The van der Waals surface area contributed by atoms with Crippen molar-refractivity contribution >= 4 is 40.1 Å². The number of carbonyl (C=O) groups is 1. The second-order valence-electron chi connectivity index (χ2n) is 3.85. The molecule has 2 heterocycles. The van der Waals surface area contributed by atoms with Gasteiger partial charge in [-0.15, -0.1) is 22.7 Å². The Morgan fingerprint density at radius 2 is 2.12 bits per heavy atom. The Kier molecular flexibility index (Phi) is 4.77. The summed E-state index contributed by atoms with van der Waals surface area (Å²) < 4.78 is 0.756. The van der Waals surface area contributed by atoms with Crippen LogP contribution >= 0.6 is 34.3 Å². The van der Waals surface area contributed by atoms with E-state index in [-0.39, 0.29) is 0 Å². The lowest BCUT2D eigenvalue weighted by molar-refractivity contribution is -0.118. The minimum atomic E-state index is 0.306. The molecule has 1 nitrogen and oxygen atoms in total. The standard InChI is InChI=1S/C13H13ClOS2/c14-13-7-6-12(17-13)9-10(15)3-1-4-11-5-2-8-16-11/h2,5-8H,1,3-4,9H2. The molecule has 0 aliphatic rings. The van der Waals surface area contributed by atoms with E-state index in [1.807, 2.05) is 12.1 Å². The summed E-state index contributed by atoms with van der Waals surface area (Å²) >= 11 is 9.07. The molecule has 2 aromatic heterocycles. The zero-order chi connectivity index (χ0) is 12.1. The predicted octanol–water partition coefficient (Wildman–Crippen LogP) is 4.60. The molecular formula is C13H13ClOS2. The summed E-state index contributed by atoms with van der Waals surface area (Å²) in [6.07, 6.45) is 3.14. The second-order valence-corrected chi connectivity index (χ2v) is 6.69. The lowest BCUT2D eigenvalue weighted by atomic mass is 10.1. The summed E-state index contributed by atoms with van der Waals surface area (Å²) in [6, 6.07) is 7.95. The highest BCUT2D eigenvalue weighted by Gasteiger charge is 2.06. The van der Waals surface area contributed by atoms with Crippen molar-refractivity contribution in [3.05, 3.63) is 43.7 Å². The molecule has 0 radical (unpaired) electrons. The zero-order valence-electron chi connectivity index (χ0n) is 9.32. The number of halogens is 1. The molecule has 0 atom stereocenters. The van der Waals surface area contributed by atoms with E-state index >= 15 is 0 Å². The summed E-state index contributed by atoms with van der Waals surface area (Å²) in [6.45, 7) is 0. The SMILES string of the molecule is O=C(CCCc1cccs1)Cc1ccc(Cl)s1. The first-order chi connectivity index (χ1) is 8.24. The van der Waals surface area contributed by atoms with Crippen molar-refractivity contribution < 1.29 is 4.79 Å². The van der Waals surface area contributed by atoms with Crippen molar-refractivity contribution in [2.24, 2.45) is 0 Å². The van der Waals surface area contributed by atoms with Gasteiger partial charge in [0, 0.05) is 22.6 Å². The Morgan fingerprint density at radius 3 is 2.76 bits per heavy atom. The van der Waals surface area contributed by atoms with Gasteiger partial charge < -0.3 is 0 Å². The molecule has 2 rings (SSSR count). The third-order valence-electron chi connectivity index (χ3n) is 2.46. The molecule has 2 aromatic rings. The third-order valence-corrected chi connectivity index (χ3v) is 4.63. The van der Waals surface area contributed by atoms with Crippen molar-refractivity contribution in [2.45, 2.75) is 25.7 Å². The monoisotopic (exact) mass is 284 g/mol. The Bertz CT molecular complexity index is 473. The van der Waals surface area contributed by atoms with Gasteiger partial charge in [-0.3, -0.25) is 4.79 Å². The van der Waals surface area contributed by atoms with Crippen LogP contribution in [-0.4, -0.2) is 5.78 Å². The van der Waals surface area contributed by atoms with E-state index in [2.05, 4.69) is 17.5 Å². The molecule has 0 aliphatic carbocycles. The number of rotatable bonds is 6. The zero-order valence-corrected chi connectivity index (χ0v) is 11.7. The topological polar surface area (TPSA) is 17.1 Å². The van der Waals surface area contributed by atoms with Gasteiger partial charge >= 0.3 is 0 Å². The van der Waals surface area contributed by atoms with Crippen LogP contribution in [0.1, 0.15) is 22.6 Å². The molecule has 0 saturated heterocycles. The van der Waals surface area contributed by atoms with Crippen LogP contribution in [0.15, 0.2) is 29.6 Å². The molecule has 0 amide bonds. The van der Waals surface area contributed by atoms with Gasteiger partial charge in [0.25, 0.3) is 0 Å². The van der Waals surface area contributed by atoms with E-state index in [1.54, 1.807) is 11.3 Å². The average molecular weight is 285 g/mol. The summed E-state index contributed by atoms with van der Waals surface area (Å²) in [7, 11) is 0. The summed E-state index contributed by atoms with van der Waals surface area (Å²) in [5.41, 5.74) is 0. The van der Waals surface area contributed by atoms with Gasteiger partial charge in [-0.05, 0) is 36.4 Å². The molecule has 0 saturated carbocycles. The lowest BCUT2D eigenvalue weighted by Crippen LogP contribution is -2.01. The molecular weight excluding hydrogens is 272 g/mol. The highest BCUT2D eigenvalue weighted by atomic mass is 35.5. The van der Waals surface area contributed by atoms with Crippen molar-refractivity contribution in [2.75, 3.05) is 0 Å². The third kappa shape index (κ3) is 4.26. The van der Waals surface area contributed by atoms with Crippen LogP contribution in [0.5, 0.6) is 0 Å². The molecule has 4 heteroatoms. The quantitative estimate of drug-likeness (QED) is 0.758. The van der Waals surface area contributed by atoms with Gasteiger partial charge in [-0.1, -0.05) is 17.7 Å². The van der Waals surface area contributed by atoms with Crippen LogP contribution in [-0.2, 0) is 17.6 Å². The van der Waals surface area contributed by atoms with Crippen LogP contribution in [0.2, 0.25) is 4.34 Å². The van der Waals surface area contributed by atoms with Crippen molar-refractivity contribution in [3.63, 3.8) is 0 Å². The lowest BCUT2D eigenvalue weighted by Gasteiger charge is -1.98. The van der Waals surface area contributed by atoms with Crippen molar-refractivity contribution in [1.29, 1.82) is 0 Å². The van der Waals surface area contributed by atoms with E-state index < -0.39 is 0 Å². The molecule has 0 unspecified atom stereocenters. The molecule has 0 bridgehead atoms. The van der Waals surface area contributed by atoms with Crippen molar-refractivity contribution in [1.82, 2.24) is 0 Å². The normalized spacial score (nSPS) is 10.6. The highest BCUT2D eigenvalue weighted by Crippen LogP contribution is 2.22. The Hall–Kier alpha value is -0.640. The number of ketones is 1. The maximum atomic E-state index is 11.7. The molecule has 0 fully saturated rings. The second kappa shape index (κ2) is 6.34. The van der Waals surface area contributed by atoms with Crippen LogP contribution in [0.3, 0.4) is 0 Å². The fourth-order valence-electron chi connectivity index (χ4n) is 1.64. The van der Waals surface area contributed by atoms with E-state index in [0.29, 0.717) is 18.6 Å². The smallest absolute Gasteiger partial charge is 0.138 e. The Morgan fingerprint density at radius 1 is 1.24 bits per heavy atom. The van der Waals surface area contributed by atoms with Gasteiger partial charge in [-0.2, -0.15) is 0 Å². The van der Waals surface area contributed by atoms with Gasteiger partial charge in [-0.25, -0.2) is 0 Å². The van der Waals surface area contributed by atoms with Crippen LogP contribution in [0.4, 0.5) is 0 Å². The Labute approximate surface area is 114 Å². The number of hydrogen-bond donors (Lipinski definition) is 0. The number of thiophene rings is 2. The molecule has 0 aromatic carbocycles. The fourth-order valence-corrected chi connectivity index (χ4v) is 3.51. The summed E-state index contributed by atoms with van der Waals surface area (Å²) in [5, 5.41) is 2.07. The van der Waals surface area contributed by atoms with E-state index in [0.717, 1.165) is 22.1 Å². The maximum absolute atomic E-state index is 11.7. The van der Waals surface area contributed by atoms with Crippen LogP contribution in [0, 0.1) is 0 Å². The predicted molar refractivity (Wildman–Crippen MR) is 75.3 cm³/mol. The number of aryl methyl sites for hydroxylation is 1. The summed E-state index contributed by atoms with van der Waals surface area (Å²) in [5.74, 6) is 0.306. The molecule has 17 heavy (non-hydrogen) atoms. The molecule has 0 spiro atoms. The minimum Gasteiger partial charge on any atom is -0.299 e. The first kappa shape index (κ1) is 12.8. The first-order valence-corrected chi connectivity index (χ1v) is 7.60. The van der Waals surface area contributed by atoms with Gasteiger partial charge in [0.2, 0.25) is 0 Å². The van der Waals surface area contributed by atoms with E-state index in [1.165, 1.54) is 16.2 Å². The minimum absolute atomic E-state index is 0.306. The van der Waals surface area contributed by atoms with Gasteiger partial charge in [0.1, 0.15) is 5.78 Å². The van der Waals surface area contributed by atoms with Crippen LogP contribution < -0.4 is 0 Å². The van der Waals surface area contributed by atoms with E-state index in [9.17, 15) is 4.79 Å². The Balaban J connectivity index is 1.71. The molecule has 0 N–H and O–H groups in total. The number of Topliss-reactive ketones (excluding diaryl/α,β-unsaturated/α-hetero) is 1. The van der Waals surface area contributed by atoms with Gasteiger partial charge in [0.05, 0.1) is 4.34 Å². The van der Waals surface area contributed by atoms with Gasteiger partial charge in [0.15, 0.2) is 0 Å². The first-order valence-electron chi connectivity index (χ1n) is 5.52. The number of hydrogen-bond acceptors (Lipinski definition) is 3. The van der Waals surface area contributed by atoms with Crippen molar-refractivity contribution in [3.8, 4) is 0 Å². The largest absolute Gasteiger partial charge is 0.299 e. The maximum Gasteiger partial charge on any atom is 0.138 e. The fraction of sp³-hybridized carbons (Fsp3) is 0.308. The van der Waals surface area contributed by atoms with Crippen LogP contribution in [0.25, 0.3) is 0 Å².